The fourth-order valence-electron chi connectivity index (χ4n) is 2.09. The molecule has 1 aromatic rings. The first-order valence-corrected chi connectivity index (χ1v) is 7.59. The molecule has 0 saturated heterocycles. The molecule has 6 nitrogen and oxygen atoms in total. The lowest BCUT2D eigenvalue weighted by Crippen LogP contribution is -2.42. The second-order valence-corrected chi connectivity index (χ2v) is 5.32. The number of rotatable bonds is 7. The number of hydrogen-bond acceptors (Lipinski definition) is 4. The molecule has 0 aliphatic carbocycles. The van der Waals surface area contributed by atoms with Crippen molar-refractivity contribution in [3.05, 3.63) is 17.3 Å². The molecule has 1 aromatic heterocycles. The van der Waals surface area contributed by atoms with E-state index in [-0.39, 0.29) is 0 Å². The molecule has 0 spiro atoms. The maximum Gasteiger partial charge on any atom is 0.214 e. The Morgan fingerprint density at radius 3 is 2.52 bits per heavy atom. The molecule has 0 atom stereocenters. The maximum atomic E-state index is 5.54. The number of aliphatic imine (C=N–C) groups is 1. The van der Waals surface area contributed by atoms with Crippen LogP contribution in [-0.4, -0.2) is 48.6 Å². The van der Waals surface area contributed by atoms with Crippen LogP contribution in [0.3, 0.4) is 0 Å². The molecule has 0 bridgehead atoms. The fraction of sp³-hybridized carbons (Fsp3) is 0.733. The van der Waals surface area contributed by atoms with Gasteiger partial charge in [-0.2, -0.15) is 0 Å². The second-order valence-electron chi connectivity index (χ2n) is 5.32. The highest BCUT2D eigenvalue weighted by atomic mass is 16.4. The van der Waals surface area contributed by atoms with E-state index in [4.69, 9.17) is 4.42 Å². The van der Waals surface area contributed by atoms with Gasteiger partial charge in [-0.1, -0.05) is 6.92 Å². The Morgan fingerprint density at radius 2 is 2.05 bits per heavy atom. The molecule has 6 heteroatoms. The molecule has 0 radical (unpaired) electrons. The standard InChI is InChI=1S/C15H29N5O/c1-7-20(11(2)3)9-8-17-15(16-6)18-10-14-19-12(4)13(5)21-14/h11H,7-10H2,1-6H3,(H2,16,17,18). The van der Waals surface area contributed by atoms with Crippen molar-refractivity contribution in [2.24, 2.45) is 4.99 Å². The number of nitrogens with one attached hydrogen (secondary N) is 2. The van der Waals surface area contributed by atoms with Crippen molar-refractivity contribution in [3.63, 3.8) is 0 Å². The minimum absolute atomic E-state index is 0.538. The van der Waals surface area contributed by atoms with Gasteiger partial charge in [0, 0.05) is 26.2 Å². The van der Waals surface area contributed by atoms with Crippen LogP contribution >= 0.6 is 0 Å². The summed E-state index contributed by atoms with van der Waals surface area (Å²) in [5.41, 5.74) is 0.935. The quantitative estimate of drug-likeness (QED) is 0.592. The van der Waals surface area contributed by atoms with Gasteiger partial charge in [-0.05, 0) is 34.2 Å². The molecule has 0 amide bonds. The van der Waals surface area contributed by atoms with Crippen LogP contribution in [-0.2, 0) is 6.54 Å². The van der Waals surface area contributed by atoms with Crippen LogP contribution in [0.4, 0.5) is 0 Å². The van der Waals surface area contributed by atoms with E-state index in [0.29, 0.717) is 18.5 Å². The van der Waals surface area contributed by atoms with Gasteiger partial charge in [-0.3, -0.25) is 9.89 Å². The minimum atomic E-state index is 0.538. The van der Waals surface area contributed by atoms with Crippen molar-refractivity contribution in [1.82, 2.24) is 20.5 Å². The van der Waals surface area contributed by atoms with E-state index < -0.39 is 0 Å². The van der Waals surface area contributed by atoms with Gasteiger partial charge in [0.15, 0.2) is 5.96 Å². The predicted octanol–water partition coefficient (Wildman–Crippen LogP) is 1.69. The van der Waals surface area contributed by atoms with E-state index in [1.807, 2.05) is 13.8 Å². The van der Waals surface area contributed by atoms with Crippen molar-refractivity contribution in [2.75, 3.05) is 26.7 Å². The number of hydrogen-bond donors (Lipinski definition) is 2. The van der Waals surface area contributed by atoms with Crippen LogP contribution in [0.5, 0.6) is 0 Å². The highest BCUT2D eigenvalue weighted by Crippen LogP contribution is 2.07. The molecule has 0 unspecified atom stereocenters. The van der Waals surface area contributed by atoms with Gasteiger partial charge in [0.2, 0.25) is 5.89 Å². The van der Waals surface area contributed by atoms with Crippen molar-refractivity contribution >= 4 is 5.96 Å². The summed E-state index contributed by atoms with van der Waals surface area (Å²) in [7, 11) is 1.77. The normalized spacial score (nSPS) is 12.3. The van der Waals surface area contributed by atoms with Crippen LogP contribution in [0.1, 0.15) is 38.1 Å². The zero-order valence-corrected chi connectivity index (χ0v) is 14.2. The lowest BCUT2D eigenvalue weighted by molar-refractivity contribution is 0.237. The largest absolute Gasteiger partial charge is 0.444 e. The molecule has 120 valence electrons. The third-order valence-corrected chi connectivity index (χ3v) is 3.53. The average molecular weight is 295 g/mol. The molecular formula is C15H29N5O. The molecule has 1 heterocycles. The molecular weight excluding hydrogens is 266 g/mol. The maximum absolute atomic E-state index is 5.54. The summed E-state index contributed by atoms with van der Waals surface area (Å²) in [5, 5.41) is 6.52. The first-order chi connectivity index (χ1) is 9.97. The Morgan fingerprint density at radius 1 is 1.33 bits per heavy atom. The van der Waals surface area contributed by atoms with E-state index in [9.17, 15) is 0 Å². The van der Waals surface area contributed by atoms with Crippen molar-refractivity contribution < 1.29 is 4.42 Å². The fourth-order valence-corrected chi connectivity index (χ4v) is 2.09. The van der Waals surface area contributed by atoms with Gasteiger partial charge in [-0.15, -0.1) is 0 Å². The van der Waals surface area contributed by atoms with E-state index in [1.54, 1.807) is 7.05 Å². The first kappa shape index (κ1) is 17.5. The second kappa shape index (κ2) is 8.67. The highest BCUT2D eigenvalue weighted by molar-refractivity contribution is 5.79. The van der Waals surface area contributed by atoms with E-state index in [2.05, 4.69) is 46.3 Å². The molecule has 0 aliphatic heterocycles. The Kier molecular flexibility index (Phi) is 7.22. The summed E-state index contributed by atoms with van der Waals surface area (Å²) in [5.74, 6) is 2.32. The predicted molar refractivity (Wildman–Crippen MR) is 86.6 cm³/mol. The summed E-state index contributed by atoms with van der Waals surface area (Å²) in [6, 6.07) is 0.560. The Hall–Kier alpha value is -1.56. The molecule has 0 aromatic carbocycles. The van der Waals surface area contributed by atoms with Crippen LogP contribution in [0, 0.1) is 13.8 Å². The molecule has 1 rings (SSSR count). The summed E-state index contributed by atoms with van der Waals surface area (Å²) < 4.78 is 5.54. The molecule has 0 aliphatic rings. The summed E-state index contributed by atoms with van der Waals surface area (Å²) >= 11 is 0. The van der Waals surface area contributed by atoms with Gasteiger partial charge in [-0.25, -0.2) is 4.98 Å². The third-order valence-electron chi connectivity index (χ3n) is 3.53. The van der Waals surface area contributed by atoms with Crippen LogP contribution in [0.2, 0.25) is 0 Å². The molecule has 0 saturated carbocycles. The number of guanidine groups is 1. The number of nitrogens with zero attached hydrogens (tertiary/aromatic N) is 3. The Balaban J connectivity index is 2.35. The van der Waals surface area contributed by atoms with Gasteiger partial charge < -0.3 is 15.1 Å². The molecule has 0 fully saturated rings. The first-order valence-electron chi connectivity index (χ1n) is 7.59. The smallest absolute Gasteiger partial charge is 0.214 e. The lowest BCUT2D eigenvalue weighted by Gasteiger charge is -2.25. The Labute approximate surface area is 128 Å². The topological polar surface area (TPSA) is 65.7 Å². The van der Waals surface area contributed by atoms with E-state index in [1.165, 1.54) is 0 Å². The van der Waals surface area contributed by atoms with E-state index in [0.717, 1.165) is 37.0 Å². The number of aryl methyl sites for hydroxylation is 2. The number of aromatic nitrogens is 1. The number of oxazole rings is 1. The summed E-state index contributed by atoms with van der Waals surface area (Å²) in [4.78, 5) is 11.0. The molecule has 21 heavy (non-hydrogen) atoms. The average Bonchev–Trinajstić information content (AvgIpc) is 2.76. The van der Waals surface area contributed by atoms with Gasteiger partial charge in [0.25, 0.3) is 0 Å². The van der Waals surface area contributed by atoms with Crippen molar-refractivity contribution in [1.29, 1.82) is 0 Å². The van der Waals surface area contributed by atoms with Crippen LogP contribution < -0.4 is 10.6 Å². The van der Waals surface area contributed by atoms with Crippen LogP contribution in [0.15, 0.2) is 9.41 Å². The molecule has 2 N–H and O–H groups in total. The van der Waals surface area contributed by atoms with Gasteiger partial charge >= 0.3 is 0 Å². The minimum Gasteiger partial charge on any atom is -0.444 e. The van der Waals surface area contributed by atoms with E-state index >= 15 is 0 Å². The van der Waals surface area contributed by atoms with Gasteiger partial charge in [0.05, 0.1) is 12.2 Å². The zero-order chi connectivity index (χ0) is 15.8. The highest BCUT2D eigenvalue weighted by Gasteiger charge is 2.08. The van der Waals surface area contributed by atoms with Crippen molar-refractivity contribution in [3.8, 4) is 0 Å². The third kappa shape index (κ3) is 5.75. The lowest BCUT2D eigenvalue weighted by atomic mass is 10.3. The van der Waals surface area contributed by atoms with Gasteiger partial charge in [0.1, 0.15) is 5.76 Å². The SMILES string of the molecule is CCN(CCNC(=NC)NCc1nc(C)c(C)o1)C(C)C. The summed E-state index contributed by atoms with van der Waals surface area (Å²) in [6.07, 6.45) is 0. The Bertz CT molecular complexity index is 433. The summed E-state index contributed by atoms with van der Waals surface area (Å²) in [6.45, 7) is 13.9. The zero-order valence-electron chi connectivity index (χ0n) is 14.2. The number of likely N-dealkylation sites (N-methyl/N-ethyl adjacent to an activating group) is 1. The monoisotopic (exact) mass is 295 g/mol. The van der Waals surface area contributed by atoms with Crippen LogP contribution in [0.25, 0.3) is 0 Å². The van der Waals surface area contributed by atoms with Crippen molar-refractivity contribution in [2.45, 2.75) is 47.2 Å².